The van der Waals surface area contributed by atoms with E-state index in [4.69, 9.17) is 4.74 Å². The molecule has 3 atom stereocenters. The number of fused-ring (bicyclic) bond motifs is 1. The van der Waals surface area contributed by atoms with Gasteiger partial charge in [-0.05, 0) is 43.2 Å². The third-order valence-corrected chi connectivity index (χ3v) is 6.06. The highest BCUT2D eigenvalue weighted by Crippen LogP contribution is 2.39. The number of benzene rings is 1. The molecule has 0 radical (unpaired) electrons. The summed E-state index contributed by atoms with van der Waals surface area (Å²) in [6.07, 6.45) is 5.62. The van der Waals surface area contributed by atoms with Gasteiger partial charge < -0.3 is 15.0 Å². The van der Waals surface area contributed by atoms with Gasteiger partial charge in [0, 0.05) is 37.9 Å². The first-order chi connectivity index (χ1) is 13.0. The molecule has 2 fully saturated rings. The Morgan fingerprint density at radius 2 is 2.11 bits per heavy atom. The second-order valence-corrected chi connectivity index (χ2v) is 7.69. The van der Waals surface area contributed by atoms with Crippen molar-refractivity contribution in [1.82, 2.24) is 4.90 Å². The average Bonchev–Trinajstić information content (AvgIpc) is 2.68. The molecule has 148 valence electrons. The largest absolute Gasteiger partial charge is 0.383 e. The Morgan fingerprint density at radius 3 is 2.85 bits per heavy atom. The maximum absolute atomic E-state index is 13.2. The first-order valence-corrected chi connectivity index (χ1v) is 9.85. The second kappa shape index (κ2) is 8.69. The molecule has 1 aliphatic heterocycles. The number of ether oxygens (including phenoxy) is 1. The predicted octanol–water partition coefficient (Wildman–Crippen LogP) is 3.69. The zero-order valence-corrected chi connectivity index (χ0v) is 16.1. The van der Waals surface area contributed by atoms with Gasteiger partial charge in [0.2, 0.25) is 0 Å². The van der Waals surface area contributed by atoms with Gasteiger partial charge in [0.25, 0.3) is 11.6 Å². The Kier molecular flexibility index (Phi) is 6.31. The molecule has 0 aromatic heterocycles. The number of amides is 1. The van der Waals surface area contributed by atoms with Gasteiger partial charge in [-0.1, -0.05) is 19.8 Å². The van der Waals surface area contributed by atoms with Crippen LogP contribution in [0.5, 0.6) is 0 Å². The maximum atomic E-state index is 13.2. The van der Waals surface area contributed by atoms with Crippen LogP contribution in [0.4, 0.5) is 11.4 Å². The van der Waals surface area contributed by atoms with E-state index >= 15 is 0 Å². The van der Waals surface area contributed by atoms with E-state index in [9.17, 15) is 14.9 Å². The van der Waals surface area contributed by atoms with Crippen molar-refractivity contribution < 1.29 is 14.5 Å². The minimum atomic E-state index is -0.437. The number of methoxy groups -OCH3 is 1. The summed E-state index contributed by atoms with van der Waals surface area (Å²) in [4.78, 5) is 26.2. The molecular formula is C20H29N3O4. The number of hydrogen-bond acceptors (Lipinski definition) is 5. The standard InChI is InChI=1S/C20H29N3O4/c1-14-9-11-22(18-6-4-3-5-16(14)18)20(24)15-7-8-17(21-10-12-27-2)19(13-15)23(25)26/h7-8,13-14,16,18,21H,3-6,9-12H2,1-2H3. The van der Waals surface area contributed by atoms with Gasteiger partial charge in [-0.25, -0.2) is 0 Å². The Labute approximate surface area is 160 Å². The van der Waals surface area contributed by atoms with E-state index in [-0.39, 0.29) is 17.6 Å². The second-order valence-electron chi connectivity index (χ2n) is 7.69. The van der Waals surface area contributed by atoms with Crippen molar-refractivity contribution in [2.24, 2.45) is 11.8 Å². The summed E-state index contributed by atoms with van der Waals surface area (Å²) in [5.74, 6) is 1.12. The number of likely N-dealkylation sites (tertiary alicyclic amines) is 1. The molecule has 7 nitrogen and oxygen atoms in total. The van der Waals surface area contributed by atoms with E-state index in [1.54, 1.807) is 19.2 Å². The lowest BCUT2D eigenvalue weighted by Crippen LogP contribution is -2.52. The smallest absolute Gasteiger partial charge is 0.293 e. The molecule has 1 aliphatic carbocycles. The highest BCUT2D eigenvalue weighted by atomic mass is 16.6. The summed E-state index contributed by atoms with van der Waals surface area (Å²) in [6, 6.07) is 5.01. The Morgan fingerprint density at radius 1 is 1.33 bits per heavy atom. The fourth-order valence-corrected chi connectivity index (χ4v) is 4.58. The number of nitrogens with one attached hydrogen (secondary N) is 1. The number of nitro groups is 1. The number of carbonyl (C=O) groups excluding carboxylic acids is 1. The van der Waals surface area contributed by atoms with Crippen molar-refractivity contribution >= 4 is 17.3 Å². The van der Waals surface area contributed by atoms with E-state index in [0.29, 0.717) is 36.2 Å². The van der Waals surface area contributed by atoms with Gasteiger partial charge in [0.1, 0.15) is 5.69 Å². The summed E-state index contributed by atoms with van der Waals surface area (Å²) < 4.78 is 4.97. The summed E-state index contributed by atoms with van der Waals surface area (Å²) in [7, 11) is 1.58. The number of anilines is 1. The van der Waals surface area contributed by atoms with Crippen LogP contribution in [0.15, 0.2) is 18.2 Å². The summed E-state index contributed by atoms with van der Waals surface area (Å²) in [6.45, 7) is 3.95. The molecule has 3 rings (SSSR count). The summed E-state index contributed by atoms with van der Waals surface area (Å²) in [5, 5.41) is 14.5. The SMILES string of the molecule is COCCNc1ccc(C(=O)N2CCC(C)C3CCCCC32)cc1[N+](=O)[O-]. The molecule has 7 heteroatoms. The molecule has 1 aromatic rings. The molecule has 0 bridgehead atoms. The third kappa shape index (κ3) is 4.24. The Balaban J connectivity index is 1.81. The van der Waals surface area contributed by atoms with Crippen LogP contribution in [0, 0.1) is 22.0 Å². The van der Waals surface area contributed by atoms with Crippen LogP contribution >= 0.6 is 0 Å². The molecule has 1 saturated carbocycles. The van der Waals surface area contributed by atoms with Crippen LogP contribution < -0.4 is 5.32 Å². The van der Waals surface area contributed by atoms with Gasteiger partial charge in [-0.2, -0.15) is 0 Å². The Hall–Kier alpha value is -2.15. The lowest BCUT2D eigenvalue weighted by molar-refractivity contribution is -0.384. The predicted molar refractivity (Wildman–Crippen MR) is 104 cm³/mol. The normalized spacial score (nSPS) is 25.0. The molecular weight excluding hydrogens is 346 g/mol. The van der Waals surface area contributed by atoms with Crippen LogP contribution in [0.25, 0.3) is 0 Å². The van der Waals surface area contributed by atoms with E-state index < -0.39 is 4.92 Å². The van der Waals surface area contributed by atoms with Crippen LogP contribution in [-0.4, -0.2) is 48.6 Å². The molecule has 1 saturated heterocycles. The van der Waals surface area contributed by atoms with Crippen LogP contribution in [0.1, 0.15) is 49.4 Å². The van der Waals surface area contributed by atoms with E-state index in [2.05, 4.69) is 12.2 Å². The maximum Gasteiger partial charge on any atom is 0.293 e. The molecule has 27 heavy (non-hydrogen) atoms. The van der Waals surface area contributed by atoms with Crippen molar-refractivity contribution in [1.29, 1.82) is 0 Å². The molecule has 1 aromatic carbocycles. The molecule has 0 spiro atoms. The number of rotatable bonds is 6. The highest BCUT2D eigenvalue weighted by molar-refractivity contribution is 5.96. The zero-order valence-electron chi connectivity index (χ0n) is 16.1. The van der Waals surface area contributed by atoms with Crippen molar-refractivity contribution in [2.45, 2.75) is 45.1 Å². The first kappa shape index (κ1) is 19.6. The topological polar surface area (TPSA) is 84.7 Å². The lowest BCUT2D eigenvalue weighted by atomic mass is 9.72. The highest BCUT2D eigenvalue weighted by Gasteiger charge is 2.39. The van der Waals surface area contributed by atoms with Crippen LogP contribution in [0.3, 0.4) is 0 Å². The average molecular weight is 375 g/mol. The fourth-order valence-electron chi connectivity index (χ4n) is 4.58. The minimum absolute atomic E-state index is 0.0671. The number of piperidine rings is 1. The summed E-state index contributed by atoms with van der Waals surface area (Å²) in [5.41, 5.74) is 0.747. The van der Waals surface area contributed by atoms with E-state index in [1.807, 2.05) is 4.90 Å². The number of carbonyl (C=O) groups is 1. The van der Waals surface area contributed by atoms with Crippen molar-refractivity contribution in [3.05, 3.63) is 33.9 Å². The van der Waals surface area contributed by atoms with Gasteiger partial charge in [0.15, 0.2) is 0 Å². The van der Waals surface area contributed by atoms with E-state index in [0.717, 1.165) is 25.8 Å². The van der Waals surface area contributed by atoms with Crippen LogP contribution in [0.2, 0.25) is 0 Å². The van der Waals surface area contributed by atoms with Crippen molar-refractivity contribution in [3.8, 4) is 0 Å². The lowest BCUT2D eigenvalue weighted by Gasteiger charge is -2.47. The monoisotopic (exact) mass is 375 g/mol. The molecule has 2 aliphatic rings. The van der Waals surface area contributed by atoms with Gasteiger partial charge in [-0.3, -0.25) is 14.9 Å². The van der Waals surface area contributed by atoms with Crippen LogP contribution in [-0.2, 0) is 4.74 Å². The van der Waals surface area contributed by atoms with Crippen molar-refractivity contribution in [3.63, 3.8) is 0 Å². The molecule has 3 unspecified atom stereocenters. The molecule has 1 N–H and O–H groups in total. The zero-order chi connectivity index (χ0) is 19.4. The molecule has 1 amide bonds. The van der Waals surface area contributed by atoms with Gasteiger partial charge in [-0.15, -0.1) is 0 Å². The summed E-state index contributed by atoms with van der Waals surface area (Å²) >= 11 is 0. The number of hydrogen-bond donors (Lipinski definition) is 1. The Bertz CT molecular complexity index is 694. The molecule has 1 heterocycles. The minimum Gasteiger partial charge on any atom is -0.383 e. The quantitative estimate of drug-likeness (QED) is 0.466. The van der Waals surface area contributed by atoms with E-state index in [1.165, 1.54) is 18.9 Å². The number of nitro benzene ring substituents is 1. The van der Waals surface area contributed by atoms with Gasteiger partial charge in [0.05, 0.1) is 11.5 Å². The third-order valence-electron chi connectivity index (χ3n) is 6.06. The van der Waals surface area contributed by atoms with Crippen molar-refractivity contribution in [2.75, 3.05) is 32.1 Å². The first-order valence-electron chi connectivity index (χ1n) is 9.85. The number of nitrogens with zero attached hydrogens (tertiary/aromatic N) is 2. The fraction of sp³-hybridized carbons (Fsp3) is 0.650. The van der Waals surface area contributed by atoms with Gasteiger partial charge >= 0.3 is 0 Å².